The summed E-state index contributed by atoms with van der Waals surface area (Å²) in [5.74, 6) is 0.388. The van der Waals surface area contributed by atoms with Gasteiger partial charge in [0, 0.05) is 11.1 Å². The van der Waals surface area contributed by atoms with E-state index in [1.807, 2.05) is 0 Å². The van der Waals surface area contributed by atoms with Gasteiger partial charge >= 0.3 is 0 Å². The summed E-state index contributed by atoms with van der Waals surface area (Å²) < 4.78 is 23.6. The predicted molar refractivity (Wildman–Crippen MR) is 74.4 cm³/mol. The van der Waals surface area contributed by atoms with Crippen molar-refractivity contribution >= 4 is 5.69 Å². The van der Waals surface area contributed by atoms with Gasteiger partial charge in [0.05, 0.1) is 19.9 Å². The van der Waals surface area contributed by atoms with E-state index in [9.17, 15) is 9.50 Å². The van der Waals surface area contributed by atoms with Crippen LogP contribution < -0.4 is 15.2 Å². The van der Waals surface area contributed by atoms with Gasteiger partial charge in [-0.15, -0.1) is 0 Å². The molecule has 4 nitrogen and oxygen atoms in total. The third kappa shape index (κ3) is 2.53. The van der Waals surface area contributed by atoms with Gasteiger partial charge in [-0.3, -0.25) is 0 Å². The van der Waals surface area contributed by atoms with Crippen molar-refractivity contribution in [3.63, 3.8) is 0 Å². The second-order valence-electron chi connectivity index (χ2n) is 4.25. The van der Waals surface area contributed by atoms with Crippen LogP contribution in [0.3, 0.4) is 0 Å². The third-order valence-corrected chi connectivity index (χ3v) is 3.10. The van der Waals surface area contributed by atoms with Crippen LogP contribution in [-0.2, 0) is 0 Å². The summed E-state index contributed by atoms with van der Waals surface area (Å²) in [4.78, 5) is 0. The molecular weight excluding hydrogens is 261 g/mol. The van der Waals surface area contributed by atoms with Crippen LogP contribution in [0, 0.1) is 5.82 Å². The number of rotatable bonds is 4. The molecule has 2 rings (SSSR count). The Hall–Kier alpha value is -2.27. The fourth-order valence-corrected chi connectivity index (χ4v) is 2.06. The number of nitrogen functional groups attached to an aromatic ring is 1. The largest absolute Gasteiger partial charge is 0.496 e. The quantitative estimate of drug-likeness (QED) is 0.843. The molecule has 106 valence electrons. The Morgan fingerprint density at radius 3 is 2.40 bits per heavy atom. The van der Waals surface area contributed by atoms with E-state index in [0.717, 1.165) is 0 Å². The number of hydrogen-bond acceptors (Lipinski definition) is 4. The lowest BCUT2D eigenvalue weighted by Crippen LogP contribution is -2.07. The molecule has 0 heterocycles. The number of para-hydroxylation sites is 1. The van der Waals surface area contributed by atoms with Gasteiger partial charge in [0.15, 0.2) is 0 Å². The van der Waals surface area contributed by atoms with E-state index in [-0.39, 0.29) is 0 Å². The first-order valence-electron chi connectivity index (χ1n) is 6.02. The van der Waals surface area contributed by atoms with E-state index in [1.165, 1.54) is 32.4 Å². The molecule has 1 unspecified atom stereocenters. The minimum Gasteiger partial charge on any atom is -0.496 e. The Bertz CT molecular complexity index is 616. The topological polar surface area (TPSA) is 64.7 Å². The van der Waals surface area contributed by atoms with Crippen molar-refractivity contribution in [3.8, 4) is 11.5 Å². The van der Waals surface area contributed by atoms with Crippen LogP contribution in [-0.4, -0.2) is 19.3 Å². The number of ether oxygens (including phenoxy) is 2. The number of benzene rings is 2. The number of aliphatic hydroxyl groups excluding tert-OH is 1. The maximum absolute atomic E-state index is 13.4. The van der Waals surface area contributed by atoms with E-state index >= 15 is 0 Å². The van der Waals surface area contributed by atoms with Crippen LogP contribution in [0.1, 0.15) is 17.2 Å². The smallest absolute Gasteiger partial charge is 0.142 e. The molecule has 0 fully saturated rings. The van der Waals surface area contributed by atoms with Gasteiger partial charge in [-0.05, 0) is 24.3 Å². The molecule has 5 heteroatoms. The summed E-state index contributed by atoms with van der Waals surface area (Å²) in [6.45, 7) is 0. The zero-order valence-electron chi connectivity index (χ0n) is 11.3. The minimum absolute atomic E-state index is 0.312. The summed E-state index contributed by atoms with van der Waals surface area (Å²) in [6, 6.07) is 9.01. The average molecular weight is 277 g/mol. The molecule has 3 N–H and O–H groups in total. The van der Waals surface area contributed by atoms with Gasteiger partial charge in [0.1, 0.15) is 23.4 Å². The highest BCUT2D eigenvalue weighted by Crippen LogP contribution is 2.36. The van der Waals surface area contributed by atoms with Crippen molar-refractivity contribution in [1.29, 1.82) is 0 Å². The number of methoxy groups -OCH3 is 2. The Morgan fingerprint density at radius 1 is 1.05 bits per heavy atom. The lowest BCUT2D eigenvalue weighted by Gasteiger charge is -2.18. The first-order chi connectivity index (χ1) is 9.58. The van der Waals surface area contributed by atoms with Crippen LogP contribution in [0.4, 0.5) is 10.1 Å². The Kier molecular flexibility index (Phi) is 4.10. The fraction of sp³-hybridized carbons (Fsp3) is 0.200. The lowest BCUT2D eigenvalue weighted by atomic mass is 9.98. The molecule has 2 aromatic carbocycles. The van der Waals surface area contributed by atoms with Gasteiger partial charge in [0.2, 0.25) is 0 Å². The molecule has 0 spiro atoms. The lowest BCUT2D eigenvalue weighted by molar-refractivity contribution is 0.214. The minimum atomic E-state index is -1.10. The average Bonchev–Trinajstić information content (AvgIpc) is 2.46. The molecule has 20 heavy (non-hydrogen) atoms. The van der Waals surface area contributed by atoms with Crippen molar-refractivity contribution in [3.05, 3.63) is 53.3 Å². The van der Waals surface area contributed by atoms with Crippen molar-refractivity contribution < 1.29 is 19.0 Å². The van der Waals surface area contributed by atoms with Crippen molar-refractivity contribution in [2.75, 3.05) is 20.0 Å². The summed E-state index contributed by atoms with van der Waals surface area (Å²) >= 11 is 0. The number of nitrogens with two attached hydrogens (primary N) is 1. The van der Waals surface area contributed by atoms with E-state index in [4.69, 9.17) is 15.2 Å². The van der Waals surface area contributed by atoms with Crippen LogP contribution in [0.2, 0.25) is 0 Å². The summed E-state index contributed by atoms with van der Waals surface area (Å²) in [6.07, 6.45) is -1.10. The number of anilines is 1. The number of hydrogen-bond donors (Lipinski definition) is 2. The van der Waals surface area contributed by atoms with Crippen molar-refractivity contribution in [2.24, 2.45) is 0 Å². The predicted octanol–water partition coefficient (Wildman–Crippen LogP) is 2.51. The Labute approximate surface area is 116 Å². The highest BCUT2D eigenvalue weighted by atomic mass is 19.1. The van der Waals surface area contributed by atoms with Crippen LogP contribution in [0.25, 0.3) is 0 Å². The second-order valence-corrected chi connectivity index (χ2v) is 4.25. The van der Waals surface area contributed by atoms with Crippen LogP contribution in [0.5, 0.6) is 11.5 Å². The number of aliphatic hydroxyl groups is 1. The molecule has 0 aromatic heterocycles. The SMILES string of the molecule is COc1ccc(F)cc1C(O)c1cccc(OC)c1N. The summed E-state index contributed by atoms with van der Waals surface area (Å²) in [5.41, 5.74) is 7.01. The molecule has 0 bridgehead atoms. The van der Waals surface area contributed by atoms with E-state index < -0.39 is 11.9 Å². The third-order valence-electron chi connectivity index (χ3n) is 3.10. The zero-order valence-corrected chi connectivity index (χ0v) is 11.3. The van der Waals surface area contributed by atoms with Crippen molar-refractivity contribution in [2.45, 2.75) is 6.10 Å². The molecular formula is C15H16FNO3. The van der Waals surface area contributed by atoms with E-state index in [0.29, 0.717) is 28.3 Å². The molecule has 1 atom stereocenters. The molecule has 0 aliphatic carbocycles. The fourth-order valence-electron chi connectivity index (χ4n) is 2.06. The summed E-state index contributed by atoms with van der Waals surface area (Å²) in [5, 5.41) is 10.4. The molecule has 2 aromatic rings. The Balaban J connectivity index is 2.51. The molecule has 0 radical (unpaired) electrons. The highest BCUT2D eigenvalue weighted by molar-refractivity contribution is 5.61. The maximum atomic E-state index is 13.4. The second kappa shape index (κ2) is 5.79. The van der Waals surface area contributed by atoms with Crippen LogP contribution >= 0.6 is 0 Å². The van der Waals surface area contributed by atoms with Gasteiger partial charge in [-0.2, -0.15) is 0 Å². The molecule has 0 aliphatic heterocycles. The molecule has 0 amide bonds. The van der Waals surface area contributed by atoms with Crippen LogP contribution in [0.15, 0.2) is 36.4 Å². The summed E-state index contributed by atoms with van der Waals surface area (Å²) in [7, 11) is 2.95. The zero-order chi connectivity index (χ0) is 14.7. The van der Waals surface area contributed by atoms with Gasteiger partial charge in [-0.1, -0.05) is 12.1 Å². The monoisotopic (exact) mass is 277 g/mol. The van der Waals surface area contributed by atoms with Crippen molar-refractivity contribution in [1.82, 2.24) is 0 Å². The van der Waals surface area contributed by atoms with Gasteiger partial charge in [0.25, 0.3) is 0 Å². The van der Waals surface area contributed by atoms with E-state index in [1.54, 1.807) is 18.2 Å². The van der Waals surface area contributed by atoms with E-state index in [2.05, 4.69) is 0 Å². The van der Waals surface area contributed by atoms with Gasteiger partial charge in [-0.25, -0.2) is 4.39 Å². The Morgan fingerprint density at radius 2 is 1.75 bits per heavy atom. The number of halogens is 1. The highest BCUT2D eigenvalue weighted by Gasteiger charge is 2.20. The standard InChI is InChI=1S/C15H16FNO3/c1-19-12-7-6-9(16)8-11(12)15(18)10-4-3-5-13(20-2)14(10)17/h3-8,15,18H,17H2,1-2H3. The molecule has 0 saturated heterocycles. The normalized spacial score (nSPS) is 12.0. The molecule has 0 aliphatic rings. The molecule has 0 saturated carbocycles. The first kappa shape index (κ1) is 14.1. The maximum Gasteiger partial charge on any atom is 0.142 e. The van der Waals surface area contributed by atoms with Gasteiger partial charge < -0.3 is 20.3 Å². The first-order valence-corrected chi connectivity index (χ1v) is 6.02.